The van der Waals surface area contributed by atoms with E-state index in [-0.39, 0.29) is 6.42 Å². The van der Waals surface area contributed by atoms with E-state index < -0.39 is 17.9 Å². The summed E-state index contributed by atoms with van der Waals surface area (Å²) in [5.74, 6) is 7.01. The number of carbonyl (C=O) groups is 2. The van der Waals surface area contributed by atoms with E-state index >= 15 is 0 Å². The van der Waals surface area contributed by atoms with Gasteiger partial charge in [0, 0.05) is 0 Å². The Morgan fingerprint density at radius 3 is 2.10 bits per heavy atom. The summed E-state index contributed by atoms with van der Waals surface area (Å²) in [6, 6.07) is 0. The van der Waals surface area contributed by atoms with Crippen LogP contribution in [0.15, 0.2) is 0 Å². The van der Waals surface area contributed by atoms with Gasteiger partial charge in [-0.05, 0) is 0 Å². The molecule has 6 heteroatoms. The van der Waals surface area contributed by atoms with Gasteiger partial charge in [0.1, 0.15) is 6.10 Å². The fourth-order valence-electron chi connectivity index (χ4n) is 0.540. The summed E-state index contributed by atoms with van der Waals surface area (Å²) in [5.41, 5.74) is 0. The number of rotatable bonds is 0. The summed E-state index contributed by atoms with van der Waals surface area (Å²) in [6.07, 6.45) is -1.19. The third kappa shape index (κ3) is 2.09. The SMILES string of the molecule is NN.O=C1CC(O)C(=O)N1. The minimum Gasteiger partial charge on any atom is -0.383 e. The highest BCUT2D eigenvalue weighted by molar-refractivity contribution is 6.04. The van der Waals surface area contributed by atoms with Crippen LogP contribution in [-0.4, -0.2) is 23.0 Å². The quantitative estimate of drug-likeness (QED) is 0.168. The van der Waals surface area contributed by atoms with Gasteiger partial charge in [-0.3, -0.25) is 26.6 Å². The Hall–Kier alpha value is -0.980. The number of hydrogen-bond donors (Lipinski definition) is 4. The first-order valence-corrected chi connectivity index (χ1v) is 2.55. The molecule has 0 bridgehead atoms. The molecule has 1 aliphatic rings. The number of nitrogens with two attached hydrogens (primary N) is 2. The number of aliphatic hydroxyl groups excluding tert-OH is 1. The molecule has 1 fully saturated rings. The maximum Gasteiger partial charge on any atom is 0.255 e. The van der Waals surface area contributed by atoms with E-state index in [0.717, 1.165) is 0 Å². The number of hydrogen-bond acceptors (Lipinski definition) is 5. The van der Waals surface area contributed by atoms with E-state index in [2.05, 4.69) is 11.7 Å². The molecule has 0 aliphatic carbocycles. The van der Waals surface area contributed by atoms with E-state index in [4.69, 9.17) is 5.11 Å². The number of nitrogens with one attached hydrogen (secondary N) is 1. The molecule has 1 unspecified atom stereocenters. The number of amides is 2. The van der Waals surface area contributed by atoms with Gasteiger partial charge in [0.05, 0.1) is 6.42 Å². The maximum atomic E-state index is 10.2. The summed E-state index contributed by atoms with van der Waals surface area (Å²) in [6.45, 7) is 0. The summed E-state index contributed by atoms with van der Waals surface area (Å²) in [7, 11) is 0. The number of hydrazine groups is 1. The van der Waals surface area contributed by atoms with E-state index in [9.17, 15) is 9.59 Å². The molecule has 10 heavy (non-hydrogen) atoms. The highest BCUT2D eigenvalue weighted by Crippen LogP contribution is 1.98. The Labute approximate surface area is 57.2 Å². The van der Waals surface area contributed by atoms with Crippen molar-refractivity contribution in [2.75, 3.05) is 0 Å². The van der Waals surface area contributed by atoms with Gasteiger partial charge in [-0.15, -0.1) is 0 Å². The van der Waals surface area contributed by atoms with Crippen molar-refractivity contribution in [3.05, 3.63) is 0 Å². The second-order valence-corrected chi connectivity index (χ2v) is 1.63. The number of imide groups is 1. The van der Waals surface area contributed by atoms with E-state index in [1.165, 1.54) is 0 Å². The van der Waals surface area contributed by atoms with Crippen molar-refractivity contribution >= 4 is 11.8 Å². The summed E-state index contributed by atoms with van der Waals surface area (Å²) in [5, 5.41) is 10.5. The molecule has 1 rings (SSSR count). The molecule has 1 heterocycles. The van der Waals surface area contributed by atoms with Crippen molar-refractivity contribution in [3.63, 3.8) is 0 Å². The van der Waals surface area contributed by atoms with Crippen LogP contribution < -0.4 is 17.0 Å². The van der Waals surface area contributed by atoms with Crippen LogP contribution in [0.1, 0.15) is 6.42 Å². The van der Waals surface area contributed by atoms with Crippen LogP contribution >= 0.6 is 0 Å². The van der Waals surface area contributed by atoms with Crippen LogP contribution in [0.4, 0.5) is 0 Å². The van der Waals surface area contributed by atoms with Crippen LogP contribution in [0.25, 0.3) is 0 Å². The zero-order valence-corrected chi connectivity index (χ0v) is 5.20. The molecule has 6 nitrogen and oxygen atoms in total. The molecule has 0 radical (unpaired) electrons. The first kappa shape index (κ1) is 9.02. The Balaban J connectivity index is 0.000000371. The van der Waals surface area contributed by atoms with Gasteiger partial charge in [0.2, 0.25) is 5.91 Å². The monoisotopic (exact) mass is 147 g/mol. The molecule has 1 aliphatic heterocycles. The fourth-order valence-corrected chi connectivity index (χ4v) is 0.540. The molecule has 0 saturated carbocycles. The third-order valence-electron chi connectivity index (χ3n) is 0.944. The van der Waals surface area contributed by atoms with Gasteiger partial charge in [0.15, 0.2) is 0 Å². The zero-order chi connectivity index (χ0) is 8.15. The smallest absolute Gasteiger partial charge is 0.255 e. The van der Waals surface area contributed by atoms with Crippen LogP contribution in [0.5, 0.6) is 0 Å². The average Bonchev–Trinajstić information content (AvgIpc) is 2.16. The highest BCUT2D eigenvalue weighted by atomic mass is 16.3. The number of carbonyl (C=O) groups excluding carboxylic acids is 2. The third-order valence-corrected chi connectivity index (χ3v) is 0.944. The Morgan fingerprint density at radius 2 is 2.00 bits per heavy atom. The van der Waals surface area contributed by atoms with Crippen molar-refractivity contribution < 1.29 is 14.7 Å². The zero-order valence-electron chi connectivity index (χ0n) is 5.20. The lowest BCUT2D eigenvalue weighted by atomic mass is 10.3. The number of aliphatic hydroxyl groups is 1. The molecule has 0 aromatic carbocycles. The summed E-state index contributed by atoms with van der Waals surface area (Å²) < 4.78 is 0. The molecule has 0 aromatic heterocycles. The molecule has 2 amide bonds. The van der Waals surface area contributed by atoms with Crippen molar-refractivity contribution in [1.82, 2.24) is 5.32 Å². The minimum absolute atomic E-state index is 0.0845. The Bertz CT molecular complexity index is 147. The summed E-state index contributed by atoms with van der Waals surface area (Å²) in [4.78, 5) is 20.4. The van der Waals surface area contributed by atoms with Crippen molar-refractivity contribution in [1.29, 1.82) is 0 Å². The second-order valence-electron chi connectivity index (χ2n) is 1.63. The van der Waals surface area contributed by atoms with Crippen molar-refractivity contribution in [2.45, 2.75) is 12.5 Å². The van der Waals surface area contributed by atoms with Gasteiger partial charge >= 0.3 is 0 Å². The maximum absolute atomic E-state index is 10.2. The normalized spacial score (nSPS) is 23.3. The molecule has 58 valence electrons. The largest absolute Gasteiger partial charge is 0.383 e. The minimum atomic E-state index is -1.11. The predicted octanol–water partition coefficient (Wildman–Crippen LogP) is -2.79. The lowest BCUT2D eigenvalue weighted by Gasteiger charge is -1.88. The van der Waals surface area contributed by atoms with Gasteiger partial charge in [-0.2, -0.15) is 0 Å². The highest BCUT2D eigenvalue weighted by Gasteiger charge is 2.27. The average molecular weight is 147 g/mol. The molecule has 0 aromatic rings. The standard InChI is InChI=1S/C4H5NO3.H4N2/c6-2-1-3(7)5-4(2)8;1-2/h2,6H,1H2,(H,5,7,8);1-2H2. The molecule has 6 N–H and O–H groups in total. The van der Waals surface area contributed by atoms with Crippen LogP contribution in [-0.2, 0) is 9.59 Å². The van der Waals surface area contributed by atoms with Crippen LogP contribution in [0.2, 0.25) is 0 Å². The van der Waals surface area contributed by atoms with Gasteiger partial charge < -0.3 is 5.11 Å². The van der Waals surface area contributed by atoms with Crippen LogP contribution in [0.3, 0.4) is 0 Å². The Kier molecular flexibility index (Phi) is 3.55. The molecule has 0 spiro atoms. The van der Waals surface area contributed by atoms with E-state index in [1.54, 1.807) is 0 Å². The second kappa shape index (κ2) is 3.94. The molecule has 1 saturated heterocycles. The topological polar surface area (TPSA) is 118 Å². The first-order chi connectivity index (χ1) is 4.70. The Morgan fingerprint density at radius 1 is 1.50 bits per heavy atom. The van der Waals surface area contributed by atoms with Gasteiger partial charge in [-0.25, -0.2) is 0 Å². The van der Waals surface area contributed by atoms with Gasteiger partial charge in [-0.1, -0.05) is 0 Å². The van der Waals surface area contributed by atoms with Crippen molar-refractivity contribution in [2.24, 2.45) is 11.7 Å². The van der Waals surface area contributed by atoms with E-state index in [0.29, 0.717) is 0 Å². The molecular formula is C4H9N3O3. The van der Waals surface area contributed by atoms with Crippen LogP contribution in [0, 0.1) is 0 Å². The van der Waals surface area contributed by atoms with Gasteiger partial charge in [0.25, 0.3) is 5.91 Å². The predicted molar refractivity (Wildman–Crippen MR) is 32.1 cm³/mol. The fraction of sp³-hybridized carbons (Fsp3) is 0.500. The first-order valence-electron chi connectivity index (χ1n) is 2.55. The lowest BCUT2D eigenvalue weighted by Crippen LogP contribution is -2.24. The molecule has 1 atom stereocenters. The van der Waals surface area contributed by atoms with E-state index in [1.807, 2.05) is 5.32 Å². The molecular weight excluding hydrogens is 138 g/mol. The lowest BCUT2D eigenvalue weighted by molar-refractivity contribution is -0.127. The van der Waals surface area contributed by atoms with Crippen molar-refractivity contribution in [3.8, 4) is 0 Å². The summed E-state index contributed by atoms with van der Waals surface area (Å²) >= 11 is 0.